The van der Waals surface area contributed by atoms with Gasteiger partial charge in [0.15, 0.2) is 0 Å². The maximum Gasteiger partial charge on any atom is 0.307 e. The number of rotatable bonds is 4. The van der Waals surface area contributed by atoms with E-state index in [-0.39, 0.29) is 17.8 Å². The van der Waals surface area contributed by atoms with Crippen LogP contribution in [0.25, 0.3) is 0 Å². The van der Waals surface area contributed by atoms with E-state index in [4.69, 9.17) is 0 Å². The van der Waals surface area contributed by atoms with Crippen LogP contribution in [0.15, 0.2) is 28.7 Å². The second kappa shape index (κ2) is 5.48. The number of carboxylic acid groups (broad SMARTS) is 1. The van der Waals surface area contributed by atoms with Gasteiger partial charge < -0.3 is 5.11 Å². The Morgan fingerprint density at radius 2 is 1.69 bits per heavy atom. The van der Waals surface area contributed by atoms with E-state index < -0.39 is 5.97 Å². The van der Waals surface area contributed by atoms with Crippen molar-refractivity contribution >= 4 is 21.9 Å². The minimum Gasteiger partial charge on any atom is -0.481 e. The predicted molar refractivity (Wildman–Crippen MR) is 68.5 cm³/mol. The first-order valence-electron chi connectivity index (χ1n) is 5.41. The van der Waals surface area contributed by atoms with Gasteiger partial charge in [0.05, 0.1) is 5.92 Å². The van der Waals surface area contributed by atoms with Crippen molar-refractivity contribution in [2.24, 2.45) is 11.8 Å². The third-order valence-electron chi connectivity index (χ3n) is 2.94. The Kier molecular flexibility index (Phi) is 4.54. The summed E-state index contributed by atoms with van der Waals surface area (Å²) in [4.78, 5) is 11.2. The molecule has 2 nitrogen and oxygen atoms in total. The average molecular weight is 285 g/mol. The topological polar surface area (TPSA) is 37.3 Å². The number of aliphatic carboxylic acids is 1. The molecule has 0 saturated carbocycles. The fraction of sp³-hybridized carbons (Fsp3) is 0.462. The molecule has 1 aromatic carbocycles. The Labute approximate surface area is 105 Å². The van der Waals surface area contributed by atoms with E-state index in [2.05, 4.69) is 15.9 Å². The summed E-state index contributed by atoms with van der Waals surface area (Å²) in [6.07, 6.45) is 0. The van der Waals surface area contributed by atoms with E-state index in [1.54, 1.807) is 0 Å². The number of benzene rings is 1. The van der Waals surface area contributed by atoms with Crippen molar-refractivity contribution in [1.82, 2.24) is 0 Å². The van der Waals surface area contributed by atoms with Gasteiger partial charge in [-0.15, -0.1) is 0 Å². The van der Waals surface area contributed by atoms with Crippen LogP contribution in [0.2, 0.25) is 0 Å². The summed E-state index contributed by atoms with van der Waals surface area (Å²) in [6, 6.07) is 7.86. The first kappa shape index (κ1) is 13.2. The highest BCUT2D eigenvalue weighted by Gasteiger charge is 2.28. The fourth-order valence-corrected chi connectivity index (χ4v) is 2.31. The van der Waals surface area contributed by atoms with Crippen molar-refractivity contribution in [2.75, 3.05) is 0 Å². The molecule has 0 amide bonds. The quantitative estimate of drug-likeness (QED) is 0.910. The monoisotopic (exact) mass is 284 g/mol. The second-order valence-corrected chi connectivity index (χ2v) is 5.36. The minimum atomic E-state index is -0.717. The summed E-state index contributed by atoms with van der Waals surface area (Å²) in [7, 11) is 0. The average Bonchev–Trinajstić information content (AvgIpc) is 2.17. The molecule has 3 heteroatoms. The molecular weight excluding hydrogens is 268 g/mol. The summed E-state index contributed by atoms with van der Waals surface area (Å²) in [6.45, 7) is 5.88. The van der Waals surface area contributed by atoms with Gasteiger partial charge in [-0.1, -0.05) is 48.8 Å². The van der Waals surface area contributed by atoms with Crippen molar-refractivity contribution in [3.05, 3.63) is 34.3 Å². The summed E-state index contributed by atoms with van der Waals surface area (Å²) < 4.78 is 1.01. The second-order valence-electron chi connectivity index (χ2n) is 4.45. The smallest absolute Gasteiger partial charge is 0.307 e. The van der Waals surface area contributed by atoms with Crippen molar-refractivity contribution in [3.8, 4) is 0 Å². The third kappa shape index (κ3) is 3.08. The van der Waals surface area contributed by atoms with Crippen LogP contribution in [0, 0.1) is 11.8 Å². The Morgan fingerprint density at radius 1 is 1.19 bits per heavy atom. The molecule has 1 aromatic rings. The van der Waals surface area contributed by atoms with Gasteiger partial charge in [0, 0.05) is 4.47 Å². The third-order valence-corrected chi connectivity index (χ3v) is 3.47. The van der Waals surface area contributed by atoms with Gasteiger partial charge in [-0.25, -0.2) is 0 Å². The molecule has 0 aliphatic carbocycles. The molecule has 1 N–H and O–H groups in total. The number of carboxylic acids is 1. The molecule has 16 heavy (non-hydrogen) atoms. The normalized spacial score (nSPS) is 14.8. The molecule has 88 valence electrons. The lowest BCUT2D eigenvalue weighted by molar-refractivity contribution is -0.144. The van der Waals surface area contributed by atoms with Crippen LogP contribution in [0.1, 0.15) is 32.3 Å². The Morgan fingerprint density at radius 3 is 2.06 bits per heavy atom. The molecule has 0 heterocycles. The van der Waals surface area contributed by atoms with Crippen LogP contribution in [0.4, 0.5) is 0 Å². The van der Waals surface area contributed by atoms with Gasteiger partial charge in [0.1, 0.15) is 0 Å². The Hall–Kier alpha value is -0.830. The van der Waals surface area contributed by atoms with E-state index in [1.807, 2.05) is 45.0 Å². The molecule has 0 radical (unpaired) electrons. The van der Waals surface area contributed by atoms with Crippen molar-refractivity contribution in [3.63, 3.8) is 0 Å². The highest BCUT2D eigenvalue weighted by atomic mass is 79.9. The van der Waals surface area contributed by atoms with Gasteiger partial charge in [-0.05, 0) is 29.5 Å². The molecule has 0 bridgehead atoms. The minimum absolute atomic E-state index is 0.0330. The van der Waals surface area contributed by atoms with Crippen LogP contribution in [0.3, 0.4) is 0 Å². The maximum atomic E-state index is 11.2. The van der Waals surface area contributed by atoms with Gasteiger partial charge in [0.25, 0.3) is 0 Å². The number of halogens is 1. The lowest BCUT2D eigenvalue weighted by Gasteiger charge is -2.23. The summed E-state index contributed by atoms with van der Waals surface area (Å²) in [5.41, 5.74) is 1.07. The lowest BCUT2D eigenvalue weighted by atomic mass is 9.80. The van der Waals surface area contributed by atoms with Crippen LogP contribution >= 0.6 is 15.9 Å². The number of carbonyl (C=O) groups is 1. The molecule has 0 spiro atoms. The van der Waals surface area contributed by atoms with Crippen molar-refractivity contribution in [1.29, 1.82) is 0 Å². The van der Waals surface area contributed by atoms with E-state index in [9.17, 15) is 9.90 Å². The molecule has 0 fully saturated rings. The molecule has 0 saturated heterocycles. The van der Waals surface area contributed by atoms with Crippen molar-refractivity contribution in [2.45, 2.75) is 26.7 Å². The van der Waals surface area contributed by atoms with Gasteiger partial charge in [0.2, 0.25) is 0 Å². The van der Waals surface area contributed by atoms with E-state index in [0.29, 0.717) is 0 Å². The maximum absolute atomic E-state index is 11.2. The summed E-state index contributed by atoms with van der Waals surface area (Å²) in [5.74, 6) is -0.881. The predicted octanol–water partition coefficient (Wildman–Crippen LogP) is 3.91. The molecule has 2 unspecified atom stereocenters. The highest BCUT2D eigenvalue weighted by molar-refractivity contribution is 9.10. The molecule has 0 aromatic heterocycles. The zero-order chi connectivity index (χ0) is 12.3. The zero-order valence-electron chi connectivity index (χ0n) is 9.77. The molecule has 0 aliphatic rings. The van der Waals surface area contributed by atoms with Crippen molar-refractivity contribution < 1.29 is 9.90 Å². The Balaban J connectivity index is 2.94. The summed E-state index contributed by atoms with van der Waals surface area (Å²) >= 11 is 3.37. The molecule has 2 atom stereocenters. The molecule has 0 aliphatic heterocycles. The fourth-order valence-electron chi connectivity index (χ4n) is 2.05. The lowest BCUT2D eigenvalue weighted by Crippen LogP contribution is -2.25. The van der Waals surface area contributed by atoms with E-state index in [0.717, 1.165) is 10.0 Å². The first-order valence-corrected chi connectivity index (χ1v) is 6.21. The Bertz CT molecular complexity index is 357. The number of hydrogen-bond acceptors (Lipinski definition) is 1. The molecule has 1 rings (SSSR count). The first-order chi connectivity index (χ1) is 7.43. The van der Waals surface area contributed by atoms with Gasteiger partial charge in [-0.3, -0.25) is 4.79 Å². The standard InChI is InChI=1S/C13H17BrO2/c1-8(2)12(13(15)16)9(3)10-4-6-11(14)7-5-10/h4-9,12H,1-3H3,(H,15,16). The van der Waals surface area contributed by atoms with Crippen LogP contribution in [-0.2, 0) is 4.79 Å². The van der Waals surface area contributed by atoms with E-state index in [1.165, 1.54) is 0 Å². The van der Waals surface area contributed by atoms with Gasteiger partial charge >= 0.3 is 5.97 Å². The summed E-state index contributed by atoms with van der Waals surface area (Å²) in [5, 5.41) is 9.22. The van der Waals surface area contributed by atoms with Crippen LogP contribution in [-0.4, -0.2) is 11.1 Å². The molecular formula is C13H17BrO2. The number of hydrogen-bond donors (Lipinski definition) is 1. The zero-order valence-corrected chi connectivity index (χ0v) is 11.4. The van der Waals surface area contributed by atoms with Crippen LogP contribution in [0.5, 0.6) is 0 Å². The largest absolute Gasteiger partial charge is 0.481 e. The SMILES string of the molecule is CC(C)C(C(=O)O)C(C)c1ccc(Br)cc1. The van der Waals surface area contributed by atoms with Gasteiger partial charge in [-0.2, -0.15) is 0 Å². The highest BCUT2D eigenvalue weighted by Crippen LogP contribution is 2.30. The van der Waals surface area contributed by atoms with E-state index >= 15 is 0 Å². The van der Waals surface area contributed by atoms with Crippen LogP contribution < -0.4 is 0 Å².